The normalized spacial score (nSPS) is 14.2. The summed E-state index contributed by atoms with van der Waals surface area (Å²) in [5.41, 5.74) is 0.992. The van der Waals surface area contributed by atoms with Crippen molar-refractivity contribution >= 4 is 11.6 Å². The molecule has 0 unspecified atom stereocenters. The van der Waals surface area contributed by atoms with Gasteiger partial charge in [0, 0.05) is 39.1 Å². The van der Waals surface area contributed by atoms with Gasteiger partial charge in [-0.3, -0.25) is 4.79 Å². The van der Waals surface area contributed by atoms with Crippen molar-refractivity contribution in [3.8, 4) is 11.8 Å². The monoisotopic (exact) mass is 380 g/mol. The number of amides is 1. The van der Waals surface area contributed by atoms with Gasteiger partial charge in [-0.2, -0.15) is 10.8 Å². The number of carbonyl (C=O) groups excluding carboxylic acids is 1. The van der Waals surface area contributed by atoms with Gasteiger partial charge in [0.05, 0.1) is 6.54 Å². The third kappa shape index (κ3) is 4.86. The second kappa shape index (κ2) is 8.97. The van der Waals surface area contributed by atoms with Crippen molar-refractivity contribution in [2.24, 2.45) is 0 Å². The summed E-state index contributed by atoms with van der Waals surface area (Å²) in [6.45, 7) is -0.696. The zero-order valence-corrected chi connectivity index (χ0v) is 14.6. The van der Waals surface area contributed by atoms with Crippen molar-refractivity contribution in [1.82, 2.24) is 4.90 Å². The van der Waals surface area contributed by atoms with Crippen LogP contribution in [0, 0.1) is 17.4 Å². The van der Waals surface area contributed by atoms with E-state index >= 15 is 0 Å². The average Bonchev–Trinajstić information content (AvgIpc) is 2.47. The molecule has 4 nitrogen and oxygen atoms in total. The van der Waals surface area contributed by atoms with Crippen molar-refractivity contribution < 1.29 is 51.0 Å². The van der Waals surface area contributed by atoms with Crippen molar-refractivity contribution in [1.29, 1.82) is 5.26 Å². The minimum absolute atomic E-state index is 0. The van der Waals surface area contributed by atoms with E-state index in [1.54, 1.807) is 24.3 Å². The van der Waals surface area contributed by atoms with E-state index in [1.807, 2.05) is 6.07 Å². The number of rotatable bonds is 5. The van der Waals surface area contributed by atoms with Gasteiger partial charge in [-0.1, -0.05) is 0 Å². The first kappa shape index (κ1) is 18.7. The van der Waals surface area contributed by atoms with Gasteiger partial charge in [0.2, 0.25) is 5.91 Å². The van der Waals surface area contributed by atoms with Crippen LogP contribution in [0.1, 0.15) is 18.4 Å². The van der Waals surface area contributed by atoms with Gasteiger partial charge < -0.3 is 9.64 Å². The van der Waals surface area contributed by atoms with Crippen LogP contribution < -0.4 is 4.74 Å². The molecule has 0 aromatic heterocycles. The molecule has 0 saturated carbocycles. The first-order valence-corrected chi connectivity index (χ1v) is 6.41. The number of benzene rings is 1. The molecule has 7 heteroatoms. The van der Waals surface area contributed by atoms with E-state index in [4.69, 9.17) is 10.00 Å². The Hall–Kier alpha value is -1.32. The smallest absolute Gasteiger partial charge is 0.256 e. The number of carbonyl (C=O) groups is 1. The molecule has 1 amide bonds. The fourth-order valence-corrected chi connectivity index (χ4v) is 2.06. The van der Waals surface area contributed by atoms with E-state index in [1.165, 1.54) is 0 Å². The molecular weight excluding hydrogens is 367 g/mol. The Morgan fingerprint density at radius 2 is 2.05 bits per heavy atom. The molecule has 1 aromatic carbocycles. The number of halogens is 2. The molecular formula is C15H13F2N2O2Y-. The quantitative estimate of drug-likeness (QED) is 0.738. The van der Waals surface area contributed by atoms with E-state index in [2.05, 4.69) is 6.08 Å². The Balaban J connectivity index is 0.00000242. The summed E-state index contributed by atoms with van der Waals surface area (Å²) in [7, 11) is 0. The number of hydrogen-bond acceptors (Lipinski definition) is 3. The number of nitriles is 1. The first-order chi connectivity index (χ1) is 10.1. The second-order valence-electron chi connectivity index (χ2n) is 4.39. The molecule has 1 heterocycles. The SMILES string of the molecule is N#CCOc1ccc(C2=[C-]CCC(=O)N2CC(F)F)cc1.[Y]. The standard InChI is InChI=1S/C15H13F2N2O2.Y/c16-14(17)10-19-13(2-1-3-15(19)20)11-4-6-12(7-5-11)21-9-8-18;/h4-7,14H,1,3,9-10H2;/q-1;. The van der Waals surface area contributed by atoms with Crippen molar-refractivity contribution in [3.05, 3.63) is 35.9 Å². The molecule has 0 atom stereocenters. The maximum absolute atomic E-state index is 12.6. The van der Waals surface area contributed by atoms with Crippen LogP contribution in [0.5, 0.6) is 5.75 Å². The largest absolute Gasteiger partial charge is 0.479 e. The van der Waals surface area contributed by atoms with Gasteiger partial charge in [0.1, 0.15) is 11.8 Å². The number of alkyl halides is 2. The molecule has 113 valence electrons. The van der Waals surface area contributed by atoms with Crippen molar-refractivity contribution in [3.63, 3.8) is 0 Å². The third-order valence-corrected chi connectivity index (χ3v) is 2.95. The van der Waals surface area contributed by atoms with Crippen LogP contribution in [0.4, 0.5) is 8.78 Å². The second-order valence-corrected chi connectivity index (χ2v) is 4.39. The number of allylic oxidation sites excluding steroid dienone is 1. The fourth-order valence-electron chi connectivity index (χ4n) is 2.06. The molecule has 2 rings (SSSR count). The van der Waals surface area contributed by atoms with Gasteiger partial charge in [0.25, 0.3) is 6.43 Å². The molecule has 0 aliphatic carbocycles. The van der Waals surface area contributed by atoms with E-state index in [-0.39, 0.29) is 51.6 Å². The predicted octanol–water partition coefficient (Wildman–Crippen LogP) is 2.62. The average molecular weight is 380 g/mol. The molecule has 22 heavy (non-hydrogen) atoms. The van der Waals surface area contributed by atoms with Crippen LogP contribution in [0.3, 0.4) is 0 Å². The molecule has 0 N–H and O–H groups in total. The minimum atomic E-state index is -2.60. The molecule has 0 fully saturated rings. The Bertz CT molecular complexity index is 582. The topological polar surface area (TPSA) is 53.3 Å². The summed E-state index contributed by atoms with van der Waals surface area (Å²) >= 11 is 0. The van der Waals surface area contributed by atoms with Crippen molar-refractivity contribution in [2.75, 3.05) is 13.2 Å². The van der Waals surface area contributed by atoms with Crippen molar-refractivity contribution in [2.45, 2.75) is 19.3 Å². The Labute approximate surface area is 152 Å². The number of nitrogens with zero attached hydrogens (tertiary/aromatic N) is 2. The third-order valence-electron chi connectivity index (χ3n) is 2.95. The van der Waals surface area contributed by atoms with Crippen LogP contribution in [0.15, 0.2) is 24.3 Å². The van der Waals surface area contributed by atoms with Gasteiger partial charge in [0.15, 0.2) is 6.61 Å². The Morgan fingerprint density at radius 1 is 1.36 bits per heavy atom. The maximum atomic E-state index is 12.6. The maximum Gasteiger partial charge on any atom is 0.256 e. The van der Waals surface area contributed by atoms with E-state index < -0.39 is 13.0 Å². The van der Waals surface area contributed by atoms with Gasteiger partial charge in [-0.05, 0) is 12.1 Å². The van der Waals surface area contributed by atoms with E-state index in [9.17, 15) is 13.6 Å². The van der Waals surface area contributed by atoms with Crippen LogP contribution in [-0.2, 0) is 37.5 Å². The van der Waals surface area contributed by atoms with Gasteiger partial charge >= 0.3 is 0 Å². The molecule has 1 aliphatic rings. The van der Waals surface area contributed by atoms with Crippen LogP contribution in [0.25, 0.3) is 5.70 Å². The summed E-state index contributed by atoms with van der Waals surface area (Å²) in [6.07, 6.45) is 0.995. The first-order valence-electron chi connectivity index (χ1n) is 6.41. The summed E-state index contributed by atoms with van der Waals surface area (Å²) in [5.74, 6) is 0.178. The summed E-state index contributed by atoms with van der Waals surface area (Å²) in [5, 5.41) is 8.43. The van der Waals surface area contributed by atoms with Crippen LogP contribution in [0.2, 0.25) is 0 Å². The zero-order valence-electron chi connectivity index (χ0n) is 11.8. The zero-order chi connectivity index (χ0) is 15.2. The van der Waals surface area contributed by atoms with E-state index in [0.717, 1.165) is 4.90 Å². The summed E-state index contributed by atoms with van der Waals surface area (Å²) < 4.78 is 30.3. The van der Waals surface area contributed by atoms with E-state index in [0.29, 0.717) is 23.4 Å². The van der Waals surface area contributed by atoms with Crippen LogP contribution >= 0.6 is 0 Å². The molecule has 0 spiro atoms. The Kier molecular flexibility index (Phi) is 7.63. The number of ether oxygens (including phenoxy) is 1. The van der Waals surface area contributed by atoms with Gasteiger partial charge in [-0.15, -0.1) is 24.3 Å². The summed E-state index contributed by atoms with van der Waals surface area (Å²) in [6, 6.07) is 8.42. The molecule has 1 aromatic rings. The van der Waals surface area contributed by atoms with Gasteiger partial charge in [-0.25, -0.2) is 14.9 Å². The molecule has 0 saturated heterocycles. The molecule has 0 bridgehead atoms. The predicted molar refractivity (Wildman–Crippen MR) is 71.2 cm³/mol. The number of hydrogen-bond donors (Lipinski definition) is 0. The molecule has 1 aliphatic heterocycles. The van der Waals surface area contributed by atoms with Crippen LogP contribution in [-0.4, -0.2) is 30.4 Å². The Morgan fingerprint density at radius 3 is 2.64 bits per heavy atom. The summed E-state index contributed by atoms with van der Waals surface area (Å²) in [4.78, 5) is 12.9. The minimum Gasteiger partial charge on any atom is -0.479 e. The molecule has 1 radical (unpaired) electrons. The fraction of sp³-hybridized carbons (Fsp3) is 0.333.